The molecule has 6 heteroatoms. The summed E-state index contributed by atoms with van der Waals surface area (Å²) in [7, 11) is 1.60. The number of para-hydroxylation sites is 1. The lowest BCUT2D eigenvalue weighted by atomic mass is 10.1. The van der Waals surface area contributed by atoms with Crippen molar-refractivity contribution >= 4 is 11.9 Å². The standard InChI is InChI=1S/C21H25NO5/c1-14(2)27-19(17-6-4-5-7-18(17)26-3)13-22-20(23)12-15-8-10-16(11-9-15)21(24)25/h4-11,14,19H,12-13H2,1-3H3,(H,22,23)(H,24,25). The van der Waals surface area contributed by atoms with Crippen molar-refractivity contribution in [3.05, 3.63) is 65.2 Å². The zero-order chi connectivity index (χ0) is 19.8. The van der Waals surface area contributed by atoms with Gasteiger partial charge in [-0.25, -0.2) is 4.79 Å². The monoisotopic (exact) mass is 371 g/mol. The van der Waals surface area contributed by atoms with Crippen molar-refractivity contribution < 1.29 is 24.2 Å². The number of hydrogen-bond donors (Lipinski definition) is 2. The summed E-state index contributed by atoms with van der Waals surface area (Å²) in [5.41, 5.74) is 1.82. The van der Waals surface area contributed by atoms with E-state index in [1.807, 2.05) is 38.1 Å². The minimum absolute atomic E-state index is 0.0135. The van der Waals surface area contributed by atoms with Crippen molar-refractivity contribution in [2.75, 3.05) is 13.7 Å². The predicted octanol–water partition coefficient (Wildman–Crippen LogP) is 3.22. The first-order valence-corrected chi connectivity index (χ1v) is 8.78. The highest BCUT2D eigenvalue weighted by Crippen LogP contribution is 2.28. The lowest BCUT2D eigenvalue weighted by Gasteiger charge is -2.23. The number of methoxy groups -OCH3 is 1. The van der Waals surface area contributed by atoms with E-state index in [1.165, 1.54) is 12.1 Å². The molecule has 2 N–H and O–H groups in total. The molecule has 0 bridgehead atoms. The maximum atomic E-state index is 12.3. The van der Waals surface area contributed by atoms with Crippen molar-refractivity contribution in [1.82, 2.24) is 5.32 Å². The molecule has 1 unspecified atom stereocenters. The Morgan fingerprint density at radius 1 is 1.07 bits per heavy atom. The van der Waals surface area contributed by atoms with Gasteiger partial charge in [-0.2, -0.15) is 0 Å². The molecule has 0 aromatic heterocycles. The molecule has 27 heavy (non-hydrogen) atoms. The minimum Gasteiger partial charge on any atom is -0.496 e. The molecule has 144 valence electrons. The molecule has 0 aliphatic carbocycles. The van der Waals surface area contributed by atoms with Gasteiger partial charge in [-0.1, -0.05) is 30.3 Å². The number of benzene rings is 2. The average Bonchev–Trinajstić information content (AvgIpc) is 2.65. The highest BCUT2D eigenvalue weighted by Gasteiger charge is 2.19. The number of ether oxygens (including phenoxy) is 2. The molecule has 0 spiro atoms. The van der Waals surface area contributed by atoms with Crippen LogP contribution in [0.3, 0.4) is 0 Å². The third-order valence-corrected chi connectivity index (χ3v) is 3.97. The van der Waals surface area contributed by atoms with Crippen LogP contribution < -0.4 is 10.1 Å². The molecule has 2 rings (SSSR count). The fourth-order valence-electron chi connectivity index (χ4n) is 2.71. The van der Waals surface area contributed by atoms with E-state index in [9.17, 15) is 9.59 Å². The number of carbonyl (C=O) groups excluding carboxylic acids is 1. The van der Waals surface area contributed by atoms with Crippen LogP contribution in [-0.4, -0.2) is 36.7 Å². The SMILES string of the molecule is COc1ccccc1C(CNC(=O)Cc1ccc(C(=O)O)cc1)OC(C)C. The molecule has 0 saturated carbocycles. The second-order valence-corrected chi connectivity index (χ2v) is 6.40. The van der Waals surface area contributed by atoms with Crippen molar-refractivity contribution in [3.8, 4) is 5.75 Å². The smallest absolute Gasteiger partial charge is 0.335 e. The van der Waals surface area contributed by atoms with E-state index in [0.717, 1.165) is 11.1 Å². The van der Waals surface area contributed by atoms with Crippen LogP contribution in [0.25, 0.3) is 0 Å². The number of aromatic carboxylic acids is 1. The molecule has 1 amide bonds. The summed E-state index contributed by atoms with van der Waals surface area (Å²) in [4.78, 5) is 23.2. The highest BCUT2D eigenvalue weighted by molar-refractivity contribution is 5.87. The van der Waals surface area contributed by atoms with Crippen LogP contribution in [0.2, 0.25) is 0 Å². The van der Waals surface area contributed by atoms with E-state index in [-0.39, 0.29) is 30.1 Å². The number of carbonyl (C=O) groups is 2. The fourth-order valence-corrected chi connectivity index (χ4v) is 2.71. The first kappa shape index (κ1) is 20.5. The Hall–Kier alpha value is -2.86. The second-order valence-electron chi connectivity index (χ2n) is 6.40. The topological polar surface area (TPSA) is 84.9 Å². The van der Waals surface area contributed by atoms with Gasteiger partial charge in [0, 0.05) is 12.1 Å². The quantitative estimate of drug-likeness (QED) is 0.707. The van der Waals surface area contributed by atoms with Gasteiger partial charge in [-0.05, 0) is 37.6 Å². The number of amides is 1. The average molecular weight is 371 g/mol. The summed E-state index contributed by atoms with van der Waals surface area (Å²) in [6, 6.07) is 13.8. The maximum Gasteiger partial charge on any atom is 0.335 e. The van der Waals surface area contributed by atoms with Crippen molar-refractivity contribution in [3.63, 3.8) is 0 Å². The number of carboxylic acid groups (broad SMARTS) is 1. The number of carboxylic acids is 1. The van der Waals surface area contributed by atoms with Crippen molar-refractivity contribution in [2.45, 2.75) is 32.5 Å². The molecular formula is C21H25NO5. The molecule has 6 nitrogen and oxygen atoms in total. The predicted molar refractivity (Wildman–Crippen MR) is 102 cm³/mol. The number of rotatable bonds is 9. The van der Waals surface area contributed by atoms with Gasteiger partial charge in [0.1, 0.15) is 11.9 Å². The Morgan fingerprint density at radius 3 is 2.33 bits per heavy atom. The summed E-state index contributed by atoms with van der Waals surface area (Å²) in [6.07, 6.45) is -0.180. The van der Waals surface area contributed by atoms with Gasteiger partial charge < -0.3 is 19.9 Å². The Morgan fingerprint density at radius 2 is 1.74 bits per heavy atom. The van der Waals surface area contributed by atoms with Crippen LogP contribution in [0.5, 0.6) is 5.75 Å². The molecule has 0 radical (unpaired) electrons. The van der Waals surface area contributed by atoms with Gasteiger partial charge in [0.05, 0.1) is 25.2 Å². The Bertz CT molecular complexity index is 770. The van der Waals surface area contributed by atoms with Crippen LogP contribution in [-0.2, 0) is 16.0 Å². The molecule has 0 saturated heterocycles. The van der Waals surface area contributed by atoms with Crippen LogP contribution >= 0.6 is 0 Å². The molecule has 0 heterocycles. The zero-order valence-electron chi connectivity index (χ0n) is 15.8. The molecule has 1 atom stereocenters. The maximum absolute atomic E-state index is 12.3. The van der Waals surface area contributed by atoms with Gasteiger partial charge in [0.2, 0.25) is 5.91 Å². The van der Waals surface area contributed by atoms with Gasteiger partial charge in [-0.15, -0.1) is 0 Å². The Labute approximate surface area is 159 Å². The molecule has 0 fully saturated rings. The normalized spacial score (nSPS) is 11.9. The lowest BCUT2D eigenvalue weighted by molar-refractivity contribution is -0.121. The van der Waals surface area contributed by atoms with Crippen LogP contribution in [0, 0.1) is 0 Å². The third kappa shape index (κ3) is 6.11. The van der Waals surface area contributed by atoms with Crippen molar-refractivity contribution in [1.29, 1.82) is 0 Å². The summed E-state index contributed by atoms with van der Waals surface area (Å²) in [6.45, 7) is 4.19. The second kappa shape index (κ2) is 9.73. The minimum atomic E-state index is -0.989. The van der Waals surface area contributed by atoms with E-state index in [4.69, 9.17) is 14.6 Å². The Kier molecular flexibility index (Phi) is 7.37. The lowest BCUT2D eigenvalue weighted by Crippen LogP contribution is -2.31. The highest BCUT2D eigenvalue weighted by atomic mass is 16.5. The third-order valence-electron chi connectivity index (χ3n) is 3.97. The first-order valence-electron chi connectivity index (χ1n) is 8.78. The van der Waals surface area contributed by atoms with Gasteiger partial charge >= 0.3 is 5.97 Å². The van der Waals surface area contributed by atoms with Gasteiger partial charge in [0.15, 0.2) is 0 Å². The fraction of sp³-hybridized carbons (Fsp3) is 0.333. The van der Waals surface area contributed by atoms with E-state index in [1.54, 1.807) is 19.2 Å². The summed E-state index contributed by atoms with van der Waals surface area (Å²) < 4.78 is 11.4. The molecule has 2 aromatic carbocycles. The summed E-state index contributed by atoms with van der Waals surface area (Å²) in [5.74, 6) is -0.441. The summed E-state index contributed by atoms with van der Waals surface area (Å²) >= 11 is 0. The Balaban J connectivity index is 2.01. The van der Waals surface area contributed by atoms with Crippen LogP contribution in [0.4, 0.5) is 0 Å². The van der Waals surface area contributed by atoms with E-state index in [0.29, 0.717) is 12.3 Å². The van der Waals surface area contributed by atoms with Crippen LogP contribution in [0.15, 0.2) is 48.5 Å². The van der Waals surface area contributed by atoms with E-state index in [2.05, 4.69) is 5.32 Å². The van der Waals surface area contributed by atoms with Crippen LogP contribution in [0.1, 0.15) is 41.4 Å². The molecule has 2 aromatic rings. The largest absolute Gasteiger partial charge is 0.496 e. The molecule has 0 aliphatic rings. The molecule has 0 aliphatic heterocycles. The molecular weight excluding hydrogens is 346 g/mol. The zero-order valence-corrected chi connectivity index (χ0v) is 15.8. The van der Waals surface area contributed by atoms with Gasteiger partial charge in [0.25, 0.3) is 0 Å². The number of nitrogens with one attached hydrogen (secondary N) is 1. The van der Waals surface area contributed by atoms with E-state index >= 15 is 0 Å². The first-order chi connectivity index (χ1) is 12.9. The van der Waals surface area contributed by atoms with Crippen molar-refractivity contribution in [2.24, 2.45) is 0 Å². The van der Waals surface area contributed by atoms with Gasteiger partial charge in [-0.3, -0.25) is 4.79 Å². The summed E-state index contributed by atoms with van der Waals surface area (Å²) in [5, 5.41) is 11.8. The number of hydrogen-bond acceptors (Lipinski definition) is 4. The van der Waals surface area contributed by atoms with E-state index < -0.39 is 5.97 Å².